The van der Waals surface area contributed by atoms with Crippen molar-refractivity contribution in [2.24, 2.45) is 5.92 Å². The Balaban J connectivity index is 1.76. The third-order valence-electron chi connectivity index (χ3n) is 3.51. The molecule has 4 nitrogen and oxygen atoms in total. The SMILES string of the molecule is CC1CCCC(NCCn2cnccc2=O)C1. The molecule has 0 aromatic carbocycles. The first-order chi connectivity index (χ1) is 8.25. The van der Waals surface area contributed by atoms with Gasteiger partial charge in [-0.05, 0) is 18.8 Å². The second kappa shape index (κ2) is 5.96. The molecule has 1 N–H and O–H groups in total. The Morgan fingerprint density at radius 3 is 3.18 bits per heavy atom. The van der Waals surface area contributed by atoms with Gasteiger partial charge in [-0.3, -0.25) is 9.36 Å². The maximum absolute atomic E-state index is 11.4. The van der Waals surface area contributed by atoms with Gasteiger partial charge in [0.15, 0.2) is 0 Å². The lowest BCUT2D eigenvalue weighted by Crippen LogP contribution is -2.36. The van der Waals surface area contributed by atoms with E-state index in [9.17, 15) is 4.79 Å². The van der Waals surface area contributed by atoms with Gasteiger partial charge in [0.1, 0.15) is 0 Å². The average Bonchev–Trinajstić information content (AvgIpc) is 2.32. The van der Waals surface area contributed by atoms with Crippen molar-refractivity contribution < 1.29 is 0 Å². The lowest BCUT2D eigenvalue weighted by molar-refractivity contribution is 0.299. The van der Waals surface area contributed by atoms with Gasteiger partial charge in [-0.15, -0.1) is 0 Å². The first kappa shape index (κ1) is 12.3. The Morgan fingerprint density at radius 2 is 2.41 bits per heavy atom. The fourth-order valence-electron chi connectivity index (χ4n) is 2.55. The first-order valence-electron chi connectivity index (χ1n) is 6.49. The van der Waals surface area contributed by atoms with Crippen molar-refractivity contribution in [3.05, 3.63) is 28.9 Å². The van der Waals surface area contributed by atoms with Crippen molar-refractivity contribution in [2.45, 2.75) is 45.2 Å². The number of nitrogens with one attached hydrogen (secondary N) is 1. The molecule has 2 unspecified atom stereocenters. The van der Waals surface area contributed by atoms with E-state index in [1.807, 2.05) is 0 Å². The normalized spacial score (nSPS) is 24.8. The van der Waals surface area contributed by atoms with Crippen LogP contribution in [0, 0.1) is 5.92 Å². The van der Waals surface area contributed by atoms with E-state index in [-0.39, 0.29) is 5.56 Å². The highest BCUT2D eigenvalue weighted by atomic mass is 16.1. The highest BCUT2D eigenvalue weighted by molar-refractivity contribution is 4.82. The van der Waals surface area contributed by atoms with Gasteiger partial charge in [0.2, 0.25) is 0 Å². The van der Waals surface area contributed by atoms with Crippen LogP contribution in [0.4, 0.5) is 0 Å². The van der Waals surface area contributed by atoms with E-state index in [1.54, 1.807) is 10.9 Å². The lowest BCUT2D eigenvalue weighted by atomic mass is 9.87. The van der Waals surface area contributed by atoms with Crippen LogP contribution in [0.2, 0.25) is 0 Å². The van der Waals surface area contributed by atoms with Crippen LogP contribution in [0.5, 0.6) is 0 Å². The topological polar surface area (TPSA) is 46.9 Å². The van der Waals surface area contributed by atoms with Crippen LogP contribution in [0.25, 0.3) is 0 Å². The number of aromatic nitrogens is 2. The lowest BCUT2D eigenvalue weighted by Gasteiger charge is -2.27. The molecule has 1 aliphatic rings. The number of hydrogen-bond donors (Lipinski definition) is 1. The van der Waals surface area contributed by atoms with Crippen LogP contribution in [0.1, 0.15) is 32.6 Å². The molecule has 1 aromatic heterocycles. The van der Waals surface area contributed by atoms with E-state index < -0.39 is 0 Å². The van der Waals surface area contributed by atoms with Crippen molar-refractivity contribution in [1.82, 2.24) is 14.9 Å². The minimum atomic E-state index is 0.0267. The molecule has 0 radical (unpaired) electrons. The van der Waals surface area contributed by atoms with Gasteiger partial charge in [-0.1, -0.05) is 19.8 Å². The van der Waals surface area contributed by atoms with Gasteiger partial charge in [0.25, 0.3) is 5.56 Å². The second-order valence-electron chi connectivity index (χ2n) is 5.03. The molecule has 0 amide bonds. The molecule has 0 spiro atoms. The molecule has 1 aliphatic carbocycles. The molecule has 2 rings (SSSR count). The molecule has 1 heterocycles. The molecule has 17 heavy (non-hydrogen) atoms. The van der Waals surface area contributed by atoms with Gasteiger partial charge in [-0.2, -0.15) is 0 Å². The summed E-state index contributed by atoms with van der Waals surface area (Å²) in [5, 5.41) is 3.54. The molecule has 0 saturated heterocycles. The smallest absolute Gasteiger partial charge is 0.253 e. The van der Waals surface area contributed by atoms with E-state index >= 15 is 0 Å². The van der Waals surface area contributed by atoms with Crippen LogP contribution in [-0.4, -0.2) is 22.1 Å². The molecule has 0 aliphatic heterocycles. The summed E-state index contributed by atoms with van der Waals surface area (Å²) in [6.45, 7) is 3.87. The highest BCUT2D eigenvalue weighted by Crippen LogP contribution is 2.23. The summed E-state index contributed by atoms with van der Waals surface area (Å²) < 4.78 is 1.65. The van der Waals surface area contributed by atoms with Crippen molar-refractivity contribution in [3.8, 4) is 0 Å². The van der Waals surface area contributed by atoms with E-state index in [2.05, 4.69) is 17.2 Å². The maximum atomic E-state index is 11.4. The first-order valence-corrected chi connectivity index (χ1v) is 6.49. The van der Waals surface area contributed by atoms with Crippen molar-refractivity contribution in [3.63, 3.8) is 0 Å². The van der Waals surface area contributed by atoms with Crippen molar-refractivity contribution >= 4 is 0 Å². The molecular weight excluding hydrogens is 214 g/mol. The van der Waals surface area contributed by atoms with Crippen LogP contribution in [0.15, 0.2) is 23.4 Å². The van der Waals surface area contributed by atoms with E-state index in [0.29, 0.717) is 12.6 Å². The summed E-state index contributed by atoms with van der Waals surface area (Å²) in [5.41, 5.74) is 0.0267. The third-order valence-corrected chi connectivity index (χ3v) is 3.51. The fourth-order valence-corrected chi connectivity index (χ4v) is 2.55. The number of nitrogens with zero attached hydrogens (tertiary/aromatic N) is 2. The zero-order chi connectivity index (χ0) is 12.1. The highest BCUT2D eigenvalue weighted by Gasteiger charge is 2.17. The summed E-state index contributed by atoms with van der Waals surface area (Å²) in [6, 6.07) is 2.13. The zero-order valence-electron chi connectivity index (χ0n) is 10.4. The molecular formula is C13H21N3O. The Hall–Kier alpha value is -1.16. The van der Waals surface area contributed by atoms with Crippen LogP contribution in [0.3, 0.4) is 0 Å². The van der Waals surface area contributed by atoms with Crippen molar-refractivity contribution in [2.75, 3.05) is 6.54 Å². The van der Waals surface area contributed by atoms with Crippen molar-refractivity contribution in [1.29, 1.82) is 0 Å². The Bertz CT molecular complexity index is 402. The molecule has 4 heteroatoms. The van der Waals surface area contributed by atoms with Gasteiger partial charge >= 0.3 is 0 Å². The Labute approximate surface area is 102 Å². The molecule has 94 valence electrons. The number of hydrogen-bond acceptors (Lipinski definition) is 3. The standard InChI is InChI=1S/C13H21N3O/c1-11-3-2-4-12(9-11)15-7-8-16-10-14-6-5-13(16)17/h5-6,10-12,15H,2-4,7-9H2,1H3. The Morgan fingerprint density at radius 1 is 1.53 bits per heavy atom. The van der Waals surface area contributed by atoms with Crippen LogP contribution < -0.4 is 10.9 Å². The minimum absolute atomic E-state index is 0.0267. The van der Waals surface area contributed by atoms with E-state index in [1.165, 1.54) is 37.9 Å². The minimum Gasteiger partial charge on any atom is -0.312 e. The van der Waals surface area contributed by atoms with Crippen LogP contribution in [-0.2, 0) is 6.54 Å². The fraction of sp³-hybridized carbons (Fsp3) is 0.692. The quantitative estimate of drug-likeness (QED) is 0.858. The van der Waals surface area contributed by atoms with Gasteiger partial charge in [0.05, 0.1) is 6.33 Å². The summed E-state index contributed by atoms with van der Waals surface area (Å²) in [6.07, 6.45) is 8.36. The molecule has 2 atom stereocenters. The summed E-state index contributed by atoms with van der Waals surface area (Å²) in [7, 11) is 0. The second-order valence-corrected chi connectivity index (χ2v) is 5.03. The summed E-state index contributed by atoms with van der Waals surface area (Å²) in [5.74, 6) is 0.836. The van der Waals surface area contributed by atoms with Gasteiger partial charge in [0, 0.05) is 31.4 Å². The van der Waals surface area contributed by atoms with Gasteiger partial charge in [-0.25, -0.2) is 4.98 Å². The van der Waals surface area contributed by atoms with E-state index in [4.69, 9.17) is 0 Å². The molecule has 1 fully saturated rings. The molecule has 1 saturated carbocycles. The monoisotopic (exact) mass is 235 g/mol. The van der Waals surface area contributed by atoms with E-state index in [0.717, 1.165) is 12.5 Å². The van der Waals surface area contributed by atoms with Gasteiger partial charge < -0.3 is 5.32 Å². The average molecular weight is 235 g/mol. The predicted molar refractivity (Wildman–Crippen MR) is 67.9 cm³/mol. The zero-order valence-corrected chi connectivity index (χ0v) is 10.4. The third kappa shape index (κ3) is 3.66. The summed E-state index contributed by atoms with van der Waals surface area (Å²) >= 11 is 0. The maximum Gasteiger partial charge on any atom is 0.253 e. The largest absolute Gasteiger partial charge is 0.312 e. The summed E-state index contributed by atoms with van der Waals surface area (Å²) in [4.78, 5) is 15.4. The van der Waals surface area contributed by atoms with Crippen LogP contribution >= 0.6 is 0 Å². The predicted octanol–water partition coefficient (Wildman–Crippen LogP) is 1.41. The molecule has 1 aromatic rings. The number of rotatable bonds is 4. The molecule has 0 bridgehead atoms. The Kier molecular flexibility index (Phi) is 4.31.